The lowest BCUT2D eigenvalue weighted by Gasteiger charge is -2.19. The highest BCUT2D eigenvalue weighted by Gasteiger charge is 2.73. The Bertz CT molecular complexity index is 228. The third kappa shape index (κ3) is 0.845. The average molecular weight is 186 g/mol. The van der Waals surface area contributed by atoms with Crippen molar-refractivity contribution in [3.8, 4) is 0 Å². The summed E-state index contributed by atoms with van der Waals surface area (Å²) in [6.07, 6.45) is 1.48. The van der Waals surface area contributed by atoms with Gasteiger partial charge in [-0.3, -0.25) is 0 Å². The number of fused-ring (bicyclic) bond motifs is 3. The van der Waals surface area contributed by atoms with Gasteiger partial charge in [-0.1, -0.05) is 0 Å². The first-order chi connectivity index (χ1) is 6.31. The van der Waals surface area contributed by atoms with Crippen LogP contribution in [0.2, 0.25) is 0 Å². The van der Waals surface area contributed by atoms with Gasteiger partial charge in [-0.15, -0.1) is 0 Å². The summed E-state index contributed by atoms with van der Waals surface area (Å²) in [7, 11) is 3.43. The number of methoxy groups -OCH3 is 2. The van der Waals surface area contributed by atoms with E-state index in [-0.39, 0.29) is 30.0 Å². The predicted octanol–water partition coefficient (Wildman–Crippen LogP) is -0.0435. The fourth-order valence-corrected chi connectivity index (χ4v) is 2.58. The van der Waals surface area contributed by atoms with Crippen molar-refractivity contribution < 1.29 is 18.9 Å². The van der Waals surface area contributed by atoms with E-state index in [9.17, 15) is 0 Å². The van der Waals surface area contributed by atoms with Crippen LogP contribution in [0.3, 0.4) is 0 Å². The Balaban J connectivity index is 1.82. The molecule has 4 heteroatoms. The molecule has 0 aromatic carbocycles. The minimum atomic E-state index is -0.141. The van der Waals surface area contributed by atoms with Gasteiger partial charge in [-0.25, -0.2) is 0 Å². The normalized spacial score (nSPS) is 57.7. The highest BCUT2D eigenvalue weighted by Crippen LogP contribution is 2.56. The van der Waals surface area contributed by atoms with Crippen LogP contribution in [0.25, 0.3) is 0 Å². The maximum atomic E-state index is 5.78. The lowest BCUT2D eigenvalue weighted by atomic mass is 10.1. The molecule has 0 spiro atoms. The Kier molecular flexibility index (Phi) is 1.54. The molecule has 0 N–H and O–H groups in total. The molecule has 3 fully saturated rings. The molecule has 5 atom stereocenters. The van der Waals surface area contributed by atoms with E-state index in [1.165, 1.54) is 0 Å². The van der Waals surface area contributed by atoms with Crippen LogP contribution in [0, 0.1) is 0 Å². The minimum absolute atomic E-state index is 0.0868. The maximum absolute atomic E-state index is 5.78. The van der Waals surface area contributed by atoms with Gasteiger partial charge in [0.2, 0.25) is 0 Å². The maximum Gasteiger partial charge on any atom is 0.125 e. The van der Waals surface area contributed by atoms with Crippen LogP contribution >= 0.6 is 0 Å². The number of ether oxygens (including phenoxy) is 4. The first-order valence-corrected chi connectivity index (χ1v) is 4.67. The summed E-state index contributed by atoms with van der Waals surface area (Å²) in [5, 5.41) is 0. The van der Waals surface area contributed by atoms with Gasteiger partial charge < -0.3 is 18.9 Å². The van der Waals surface area contributed by atoms with Crippen molar-refractivity contribution in [2.75, 3.05) is 20.8 Å². The van der Waals surface area contributed by atoms with Crippen molar-refractivity contribution in [1.29, 1.82) is 0 Å². The standard InChI is InChI=1S/C9H14O4/c1-10-5-4-12-8-7(5)13-6-3-9(6,8)11-2/h5-8H,3-4H2,1-2H3. The molecule has 2 aliphatic heterocycles. The Morgan fingerprint density at radius 1 is 1.38 bits per heavy atom. The zero-order chi connectivity index (χ0) is 9.05. The van der Waals surface area contributed by atoms with E-state index in [0.717, 1.165) is 6.42 Å². The topological polar surface area (TPSA) is 36.9 Å². The third-order valence-corrected chi connectivity index (χ3v) is 3.48. The van der Waals surface area contributed by atoms with E-state index < -0.39 is 0 Å². The SMILES string of the molecule is COC1COC2C1OC1CC12OC. The minimum Gasteiger partial charge on any atom is -0.376 e. The molecule has 1 aliphatic carbocycles. The van der Waals surface area contributed by atoms with E-state index in [0.29, 0.717) is 6.61 Å². The molecule has 0 amide bonds. The van der Waals surface area contributed by atoms with Gasteiger partial charge in [-0.05, 0) is 0 Å². The van der Waals surface area contributed by atoms with E-state index >= 15 is 0 Å². The first-order valence-electron chi connectivity index (χ1n) is 4.67. The summed E-state index contributed by atoms with van der Waals surface area (Å²) in [5.74, 6) is 0. The molecule has 13 heavy (non-hydrogen) atoms. The van der Waals surface area contributed by atoms with Crippen LogP contribution in [-0.2, 0) is 18.9 Å². The van der Waals surface area contributed by atoms with E-state index in [2.05, 4.69) is 0 Å². The second-order valence-electron chi connectivity index (χ2n) is 3.98. The van der Waals surface area contributed by atoms with E-state index in [4.69, 9.17) is 18.9 Å². The first kappa shape index (κ1) is 8.17. The third-order valence-electron chi connectivity index (χ3n) is 3.48. The quantitative estimate of drug-likeness (QED) is 0.606. The van der Waals surface area contributed by atoms with Gasteiger partial charge >= 0.3 is 0 Å². The largest absolute Gasteiger partial charge is 0.376 e. The van der Waals surface area contributed by atoms with E-state index in [1.54, 1.807) is 14.2 Å². The molecule has 2 saturated heterocycles. The number of hydrogen-bond donors (Lipinski definition) is 0. The molecule has 1 saturated carbocycles. The predicted molar refractivity (Wildman–Crippen MR) is 43.6 cm³/mol. The Morgan fingerprint density at radius 2 is 2.23 bits per heavy atom. The van der Waals surface area contributed by atoms with Gasteiger partial charge in [-0.2, -0.15) is 0 Å². The van der Waals surface area contributed by atoms with Gasteiger partial charge in [0.15, 0.2) is 0 Å². The van der Waals surface area contributed by atoms with Crippen molar-refractivity contribution in [3.05, 3.63) is 0 Å². The number of rotatable bonds is 2. The Hall–Kier alpha value is -0.160. The molecular weight excluding hydrogens is 172 g/mol. The molecule has 3 aliphatic rings. The molecule has 4 nitrogen and oxygen atoms in total. The summed E-state index contributed by atoms with van der Waals surface area (Å²) in [5.41, 5.74) is -0.141. The van der Waals surface area contributed by atoms with Crippen molar-refractivity contribution in [2.45, 2.75) is 36.4 Å². The van der Waals surface area contributed by atoms with E-state index in [1.807, 2.05) is 0 Å². The molecule has 0 bridgehead atoms. The lowest BCUT2D eigenvalue weighted by Crippen LogP contribution is -2.37. The van der Waals surface area contributed by atoms with Crippen molar-refractivity contribution in [2.24, 2.45) is 0 Å². The highest BCUT2D eigenvalue weighted by molar-refractivity contribution is 5.22. The summed E-state index contributed by atoms with van der Waals surface area (Å²) in [6, 6.07) is 0. The second-order valence-corrected chi connectivity index (χ2v) is 3.98. The van der Waals surface area contributed by atoms with Gasteiger partial charge in [0, 0.05) is 20.6 Å². The fraction of sp³-hybridized carbons (Fsp3) is 1.00. The van der Waals surface area contributed by atoms with Crippen molar-refractivity contribution in [3.63, 3.8) is 0 Å². The summed E-state index contributed by atoms with van der Waals surface area (Å²) in [4.78, 5) is 0. The van der Waals surface area contributed by atoms with Crippen LogP contribution in [-0.4, -0.2) is 50.8 Å². The monoisotopic (exact) mass is 186 g/mol. The van der Waals surface area contributed by atoms with Crippen LogP contribution in [0.1, 0.15) is 6.42 Å². The smallest absolute Gasteiger partial charge is 0.125 e. The summed E-state index contributed by atoms with van der Waals surface area (Å²) < 4.78 is 22.2. The molecule has 2 heterocycles. The zero-order valence-electron chi connectivity index (χ0n) is 7.86. The lowest BCUT2D eigenvalue weighted by molar-refractivity contribution is -0.0403. The molecular formula is C9H14O4. The van der Waals surface area contributed by atoms with Gasteiger partial charge in [0.25, 0.3) is 0 Å². The van der Waals surface area contributed by atoms with Crippen LogP contribution < -0.4 is 0 Å². The van der Waals surface area contributed by atoms with Crippen molar-refractivity contribution >= 4 is 0 Å². The Morgan fingerprint density at radius 3 is 2.92 bits per heavy atom. The van der Waals surface area contributed by atoms with Gasteiger partial charge in [0.1, 0.15) is 23.9 Å². The highest BCUT2D eigenvalue weighted by atomic mass is 16.7. The van der Waals surface area contributed by atoms with Crippen LogP contribution in [0.15, 0.2) is 0 Å². The molecule has 0 aromatic rings. The van der Waals surface area contributed by atoms with Crippen molar-refractivity contribution in [1.82, 2.24) is 0 Å². The fourth-order valence-electron chi connectivity index (χ4n) is 2.58. The average Bonchev–Trinajstić information content (AvgIpc) is 2.56. The second kappa shape index (κ2) is 2.45. The molecule has 5 unspecified atom stereocenters. The zero-order valence-corrected chi connectivity index (χ0v) is 7.86. The molecule has 0 radical (unpaired) electrons. The molecule has 3 rings (SSSR count). The summed E-state index contributed by atoms with van der Waals surface area (Å²) in [6.45, 7) is 0.629. The van der Waals surface area contributed by atoms with Gasteiger partial charge in [0.05, 0.1) is 12.7 Å². The van der Waals surface area contributed by atoms with Crippen LogP contribution in [0.4, 0.5) is 0 Å². The Labute approximate surface area is 77.1 Å². The molecule has 74 valence electrons. The molecule has 0 aromatic heterocycles. The number of hydrogen-bond acceptors (Lipinski definition) is 4. The van der Waals surface area contributed by atoms with Crippen LogP contribution in [0.5, 0.6) is 0 Å². The summed E-state index contributed by atoms with van der Waals surface area (Å²) >= 11 is 0.